The molecule has 2 nitrogen and oxygen atoms in total. The standard InChI is InChI=1S/C12H17BrN2/c1-10-8-15(6-5-14-10)9-11-3-2-4-12(13)7-11/h2-4,7,10,14H,5-6,8-9H2,1H3/t10-/m0/s1. The van der Waals surface area contributed by atoms with Crippen molar-refractivity contribution >= 4 is 15.9 Å². The van der Waals surface area contributed by atoms with Crippen LogP contribution in [0, 0.1) is 0 Å². The highest BCUT2D eigenvalue weighted by Crippen LogP contribution is 2.14. The first-order chi connectivity index (χ1) is 7.24. The molecule has 1 aliphatic rings. The number of piperazine rings is 1. The van der Waals surface area contributed by atoms with Crippen molar-refractivity contribution in [1.29, 1.82) is 0 Å². The predicted molar refractivity (Wildman–Crippen MR) is 66.9 cm³/mol. The molecule has 0 radical (unpaired) electrons. The Kier molecular flexibility index (Phi) is 3.78. The van der Waals surface area contributed by atoms with Crippen molar-refractivity contribution in [1.82, 2.24) is 10.2 Å². The van der Waals surface area contributed by atoms with Crippen LogP contribution in [0.3, 0.4) is 0 Å². The highest BCUT2D eigenvalue weighted by Gasteiger charge is 2.15. The van der Waals surface area contributed by atoms with Crippen LogP contribution in [0.25, 0.3) is 0 Å². The first-order valence-corrected chi connectivity index (χ1v) is 6.23. The van der Waals surface area contributed by atoms with E-state index in [-0.39, 0.29) is 0 Å². The smallest absolute Gasteiger partial charge is 0.0235 e. The van der Waals surface area contributed by atoms with Gasteiger partial charge >= 0.3 is 0 Å². The van der Waals surface area contributed by atoms with Gasteiger partial charge in [0.1, 0.15) is 0 Å². The van der Waals surface area contributed by atoms with Crippen LogP contribution < -0.4 is 5.32 Å². The van der Waals surface area contributed by atoms with Gasteiger partial charge in [0.25, 0.3) is 0 Å². The first-order valence-electron chi connectivity index (χ1n) is 5.44. The summed E-state index contributed by atoms with van der Waals surface area (Å²) in [6, 6.07) is 9.19. The summed E-state index contributed by atoms with van der Waals surface area (Å²) in [5.74, 6) is 0. The topological polar surface area (TPSA) is 15.3 Å². The number of rotatable bonds is 2. The lowest BCUT2D eigenvalue weighted by Gasteiger charge is -2.31. The summed E-state index contributed by atoms with van der Waals surface area (Å²) < 4.78 is 1.17. The van der Waals surface area contributed by atoms with Crippen LogP contribution in [-0.4, -0.2) is 30.6 Å². The van der Waals surface area contributed by atoms with Gasteiger partial charge in [-0.3, -0.25) is 4.90 Å². The predicted octanol–water partition coefficient (Wildman–Crippen LogP) is 2.24. The molecule has 1 N–H and O–H groups in total. The minimum atomic E-state index is 0.617. The molecule has 0 aromatic heterocycles. The van der Waals surface area contributed by atoms with E-state index < -0.39 is 0 Å². The number of benzene rings is 1. The summed E-state index contributed by atoms with van der Waals surface area (Å²) in [5, 5.41) is 3.46. The quantitative estimate of drug-likeness (QED) is 0.885. The van der Waals surface area contributed by atoms with Crippen molar-refractivity contribution in [2.45, 2.75) is 19.5 Å². The summed E-state index contributed by atoms with van der Waals surface area (Å²) >= 11 is 3.51. The van der Waals surface area contributed by atoms with Gasteiger partial charge in [-0.1, -0.05) is 28.1 Å². The lowest BCUT2D eigenvalue weighted by Crippen LogP contribution is -2.48. The van der Waals surface area contributed by atoms with E-state index in [2.05, 4.69) is 57.3 Å². The maximum atomic E-state index is 3.51. The van der Waals surface area contributed by atoms with E-state index in [1.54, 1.807) is 0 Å². The third kappa shape index (κ3) is 3.30. The number of nitrogens with zero attached hydrogens (tertiary/aromatic N) is 1. The molecule has 1 aromatic rings. The largest absolute Gasteiger partial charge is 0.312 e. The van der Waals surface area contributed by atoms with Crippen LogP contribution in [0.15, 0.2) is 28.7 Å². The second-order valence-electron chi connectivity index (χ2n) is 4.22. The zero-order valence-electron chi connectivity index (χ0n) is 9.04. The van der Waals surface area contributed by atoms with Gasteiger partial charge in [-0.2, -0.15) is 0 Å². The Balaban J connectivity index is 1.96. The van der Waals surface area contributed by atoms with Gasteiger partial charge < -0.3 is 5.32 Å². The first kappa shape index (κ1) is 11.1. The van der Waals surface area contributed by atoms with Crippen molar-refractivity contribution in [3.8, 4) is 0 Å². The zero-order valence-corrected chi connectivity index (χ0v) is 10.6. The maximum absolute atomic E-state index is 3.51. The molecule has 1 atom stereocenters. The second-order valence-corrected chi connectivity index (χ2v) is 5.14. The number of hydrogen-bond acceptors (Lipinski definition) is 2. The molecule has 1 heterocycles. The van der Waals surface area contributed by atoms with Gasteiger partial charge in [0.2, 0.25) is 0 Å². The molecule has 0 saturated carbocycles. The van der Waals surface area contributed by atoms with Crippen LogP contribution in [0.4, 0.5) is 0 Å². The fraction of sp³-hybridized carbons (Fsp3) is 0.500. The lowest BCUT2D eigenvalue weighted by molar-refractivity contribution is 0.199. The molecule has 1 aliphatic heterocycles. The fourth-order valence-electron chi connectivity index (χ4n) is 2.05. The van der Waals surface area contributed by atoms with Gasteiger partial charge in [-0.15, -0.1) is 0 Å². The van der Waals surface area contributed by atoms with E-state index in [0.29, 0.717) is 6.04 Å². The summed E-state index contributed by atoms with van der Waals surface area (Å²) in [4.78, 5) is 2.50. The van der Waals surface area contributed by atoms with E-state index in [4.69, 9.17) is 0 Å². The SMILES string of the molecule is C[C@H]1CN(Cc2cccc(Br)c2)CCN1. The van der Waals surface area contributed by atoms with Crippen molar-refractivity contribution < 1.29 is 0 Å². The van der Waals surface area contributed by atoms with Crippen molar-refractivity contribution in [3.63, 3.8) is 0 Å². The Labute approximate surface area is 99.8 Å². The lowest BCUT2D eigenvalue weighted by atomic mass is 10.1. The van der Waals surface area contributed by atoms with Crippen LogP contribution in [0.1, 0.15) is 12.5 Å². The fourth-order valence-corrected chi connectivity index (χ4v) is 2.50. The van der Waals surface area contributed by atoms with Crippen LogP contribution >= 0.6 is 15.9 Å². The van der Waals surface area contributed by atoms with Crippen molar-refractivity contribution in [2.24, 2.45) is 0 Å². The monoisotopic (exact) mass is 268 g/mol. The minimum absolute atomic E-state index is 0.617. The summed E-state index contributed by atoms with van der Waals surface area (Å²) in [6.45, 7) is 6.71. The molecular formula is C12H17BrN2. The van der Waals surface area contributed by atoms with E-state index in [0.717, 1.165) is 26.2 Å². The van der Waals surface area contributed by atoms with Crippen LogP contribution in [-0.2, 0) is 6.54 Å². The Hall–Kier alpha value is -0.380. The van der Waals surface area contributed by atoms with Crippen molar-refractivity contribution in [3.05, 3.63) is 34.3 Å². The number of halogens is 1. The maximum Gasteiger partial charge on any atom is 0.0235 e. The molecule has 0 aliphatic carbocycles. The molecule has 1 saturated heterocycles. The van der Waals surface area contributed by atoms with Gasteiger partial charge in [-0.05, 0) is 24.6 Å². The third-order valence-electron chi connectivity index (χ3n) is 2.75. The molecular weight excluding hydrogens is 252 g/mol. The van der Waals surface area contributed by atoms with Gasteiger partial charge in [-0.25, -0.2) is 0 Å². The van der Waals surface area contributed by atoms with E-state index in [9.17, 15) is 0 Å². The minimum Gasteiger partial charge on any atom is -0.312 e. The van der Waals surface area contributed by atoms with E-state index >= 15 is 0 Å². The second kappa shape index (κ2) is 5.10. The van der Waals surface area contributed by atoms with Crippen LogP contribution in [0.5, 0.6) is 0 Å². The molecule has 3 heteroatoms. The Morgan fingerprint density at radius 1 is 1.53 bits per heavy atom. The molecule has 0 spiro atoms. The highest BCUT2D eigenvalue weighted by atomic mass is 79.9. The third-order valence-corrected chi connectivity index (χ3v) is 3.24. The zero-order chi connectivity index (χ0) is 10.7. The van der Waals surface area contributed by atoms with Gasteiger partial charge in [0.05, 0.1) is 0 Å². The number of hydrogen-bond donors (Lipinski definition) is 1. The molecule has 15 heavy (non-hydrogen) atoms. The summed E-state index contributed by atoms with van der Waals surface area (Å²) in [6.07, 6.45) is 0. The Morgan fingerprint density at radius 3 is 3.13 bits per heavy atom. The molecule has 0 unspecified atom stereocenters. The van der Waals surface area contributed by atoms with E-state index in [1.807, 2.05) is 0 Å². The average Bonchev–Trinajstić information content (AvgIpc) is 2.17. The number of nitrogens with one attached hydrogen (secondary N) is 1. The van der Waals surface area contributed by atoms with Crippen molar-refractivity contribution in [2.75, 3.05) is 19.6 Å². The molecule has 0 amide bonds. The Bertz CT molecular complexity index is 327. The molecule has 1 fully saturated rings. The summed E-state index contributed by atoms with van der Waals surface area (Å²) in [7, 11) is 0. The normalized spacial score (nSPS) is 22.9. The Morgan fingerprint density at radius 2 is 2.40 bits per heavy atom. The summed E-state index contributed by atoms with van der Waals surface area (Å²) in [5.41, 5.74) is 1.39. The van der Waals surface area contributed by atoms with E-state index in [1.165, 1.54) is 10.0 Å². The van der Waals surface area contributed by atoms with Crippen LogP contribution in [0.2, 0.25) is 0 Å². The molecule has 0 bridgehead atoms. The molecule has 1 aromatic carbocycles. The average molecular weight is 269 g/mol. The molecule has 82 valence electrons. The highest BCUT2D eigenvalue weighted by molar-refractivity contribution is 9.10. The molecule has 2 rings (SSSR count). The van der Waals surface area contributed by atoms with Gasteiger partial charge in [0, 0.05) is 36.7 Å². The van der Waals surface area contributed by atoms with Gasteiger partial charge in [0.15, 0.2) is 0 Å².